The van der Waals surface area contributed by atoms with Crippen molar-refractivity contribution in [2.45, 2.75) is 89.6 Å². The van der Waals surface area contributed by atoms with Gasteiger partial charge in [-0.1, -0.05) is 46.0 Å². The lowest BCUT2D eigenvalue weighted by Crippen LogP contribution is -2.40. The average Bonchev–Trinajstić information content (AvgIpc) is 2.66. The first-order valence-corrected chi connectivity index (χ1v) is 11.4. The molecule has 1 fully saturated rings. The van der Waals surface area contributed by atoms with Crippen LogP contribution in [-0.2, 0) is 4.74 Å². The summed E-state index contributed by atoms with van der Waals surface area (Å²) in [5, 5.41) is 9.21. The Kier molecular flexibility index (Phi) is 7.73. The molecule has 0 aromatic carbocycles. The minimum atomic E-state index is -2.23. The van der Waals surface area contributed by atoms with Crippen molar-refractivity contribution >= 4 is 8.32 Å². The minimum Gasteiger partial charge on any atom is -0.432 e. The van der Waals surface area contributed by atoms with E-state index in [1.807, 2.05) is 13.1 Å². The van der Waals surface area contributed by atoms with Gasteiger partial charge in [-0.05, 0) is 31.9 Å². The maximum atomic E-state index is 10.5. The first-order chi connectivity index (χ1) is 9.41. The molecule has 3 nitrogen and oxygen atoms in total. The lowest BCUT2D eigenvalue weighted by Gasteiger charge is -2.30. The maximum absolute atomic E-state index is 10.5. The fourth-order valence-electron chi connectivity index (χ4n) is 3.76. The van der Waals surface area contributed by atoms with Gasteiger partial charge in [0.15, 0.2) is 8.32 Å². The quantitative estimate of drug-likeness (QED) is 0.504. The number of aliphatic hydroxyl groups excluding tert-OH is 1. The summed E-state index contributed by atoms with van der Waals surface area (Å²) >= 11 is 0. The molecule has 0 amide bonds. The van der Waals surface area contributed by atoms with Gasteiger partial charge in [0.05, 0.1) is 12.2 Å². The van der Waals surface area contributed by atoms with E-state index in [-0.39, 0.29) is 24.4 Å². The van der Waals surface area contributed by atoms with E-state index in [1.165, 1.54) is 32.1 Å². The van der Waals surface area contributed by atoms with Gasteiger partial charge in [0.1, 0.15) is 0 Å². The minimum absolute atomic E-state index is 0.0577. The van der Waals surface area contributed by atoms with Crippen LogP contribution in [0.5, 0.6) is 0 Å². The summed E-state index contributed by atoms with van der Waals surface area (Å²) in [4.78, 5) is 10.5. The van der Waals surface area contributed by atoms with Crippen molar-refractivity contribution in [1.29, 1.82) is 0 Å². The Morgan fingerprint density at radius 3 is 2.20 bits per heavy atom. The fourth-order valence-corrected chi connectivity index (χ4v) is 6.41. The summed E-state index contributed by atoms with van der Waals surface area (Å²) in [6, 6.07) is 0. The number of ether oxygens (including phenoxy) is 1. The summed E-state index contributed by atoms with van der Waals surface area (Å²) in [6.45, 7) is 8.63. The van der Waals surface area contributed by atoms with Gasteiger partial charge < -0.3 is 14.6 Å². The highest BCUT2D eigenvalue weighted by atomic mass is 28.4. The van der Waals surface area contributed by atoms with E-state index < -0.39 is 8.32 Å². The summed E-state index contributed by atoms with van der Waals surface area (Å²) in [7, 11) is -2.23. The topological polar surface area (TPSA) is 49.7 Å². The second-order valence-corrected chi connectivity index (χ2v) is 10.9. The van der Waals surface area contributed by atoms with Gasteiger partial charge in [0.25, 0.3) is 0 Å². The van der Waals surface area contributed by atoms with E-state index in [2.05, 4.69) is 13.8 Å². The van der Waals surface area contributed by atoms with E-state index in [4.69, 9.17) is 4.74 Å². The van der Waals surface area contributed by atoms with Gasteiger partial charge in [0.2, 0.25) is 0 Å². The molecule has 0 radical (unpaired) electrons. The molecule has 1 heterocycles. The van der Waals surface area contributed by atoms with Crippen molar-refractivity contribution in [2.24, 2.45) is 5.92 Å². The molecule has 0 spiro atoms. The fraction of sp³-hybridized carbons (Fsp3) is 1.00. The Balaban J connectivity index is 2.49. The molecule has 0 aliphatic carbocycles. The highest BCUT2D eigenvalue weighted by Gasteiger charge is 2.49. The van der Waals surface area contributed by atoms with Crippen molar-refractivity contribution in [3.8, 4) is 0 Å². The second-order valence-electron chi connectivity index (χ2n) is 6.97. The summed E-state index contributed by atoms with van der Waals surface area (Å²) in [6.07, 6.45) is 8.54. The van der Waals surface area contributed by atoms with E-state index >= 15 is 0 Å². The van der Waals surface area contributed by atoms with Crippen LogP contribution in [0.1, 0.15) is 58.8 Å². The molecule has 0 unspecified atom stereocenters. The average molecular weight is 303 g/mol. The Morgan fingerprint density at radius 1 is 1.00 bits per heavy atom. The smallest absolute Gasteiger partial charge is 0.188 e. The molecule has 2 N–H and O–H groups in total. The van der Waals surface area contributed by atoms with Crippen molar-refractivity contribution in [3.05, 3.63) is 0 Å². The van der Waals surface area contributed by atoms with Gasteiger partial charge >= 0.3 is 0 Å². The predicted octanol–water partition coefficient (Wildman–Crippen LogP) is 3.70. The molecule has 1 saturated heterocycles. The van der Waals surface area contributed by atoms with Crippen LogP contribution in [0.2, 0.25) is 18.6 Å². The molecule has 0 aromatic rings. The van der Waals surface area contributed by atoms with Crippen LogP contribution in [-0.4, -0.2) is 37.0 Å². The van der Waals surface area contributed by atoms with Crippen molar-refractivity contribution in [1.82, 2.24) is 0 Å². The Labute approximate surface area is 125 Å². The monoisotopic (exact) mass is 302 g/mol. The van der Waals surface area contributed by atoms with Crippen LogP contribution in [0.3, 0.4) is 0 Å². The number of hydrogen-bond donors (Lipinski definition) is 2. The first kappa shape index (κ1) is 18.1. The number of hydrogen-bond acceptors (Lipinski definition) is 3. The van der Waals surface area contributed by atoms with E-state index in [0.717, 1.165) is 6.42 Å². The number of aliphatic hydroxyl groups is 1. The molecule has 1 aliphatic rings. The largest absolute Gasteiger partial charge is 0.432 e. The van der Waals surface area contributed by atoms with Gasteiger partial charge in [-0.2, -0.15) is 0 Å². The van der Waals surface area contributed by atoms with Crippen LogP contribution in [0.15, 0.2) is 0 Å². The Bertz CT molecular complexity index is 265. The molecule has 120 valence electrons. The van der Waals surface area contributed by atoms with Crippen LogP contribution < -0.4 is 0 Å². The van der Waals surface area contributed by atoms with Crippen LogP contribution in [0.25, 0.3) is 0 Å². The lowest BCUT2D eigenvalue weighted by molar-refractivity contribution is 0.0177. The highest BCUT2D eigenvalue weighted by Crippen LogP contribution is 2.45. The first-order valence-electron chi connectivity index (χ1n) is 8.40. The number of rotatable bonds is 9. The summed E-state index contributed by atoms with van der Waals surface area (Å²) in [5.41, 5.74) is 0.260. The SMILES string of the molecule is CCCCCCC[C@H]1O[C@@H](CCO)[C@H]([Si](C)(C)O)[C@H]1C. The normalized spacial score (nSPS) is 30.9. The zero-order valence-electron chi connectivity index (χ0n) is 13.8. The molecule has 4 heteroatoms. The van der Waals surface area contributed by atoms with Crippen molar-refractivity contribution < 1.29 is 14.6 Å². The molecule has 1 rings (SSSR count). The zero-order valence-corrected chi connectivity index (χ0v) is 14.8. The third-order valence-corrected chi connectivity index (χ3v) is 7.25. The maximum Gasteiger partial charge on any atom is 0.188 e. The molecular formula is C16H34O3Si. The standard InChI is InChI=1S/C16H34O3Si/c1-5-6-7-8-9-10-14-13(2)16(20(3,4)18)15(19-14)11-12-17/h13-18H,5-12H2,1-4H3/t13-,14+,15-,16+/m0/s1. The number of unbranched alkanes of at least 4 members (excludes halogenated alkanes) is 4. The molecule has 4 atom stereocenters. The third-order valence-electron chi connectivity index (χ3n) is 4.72. The van der Waals surface area contributed by atoms with E-state index in [1.54, 1.807) is 0 Å². The van der Waals surface area contributed by atoms with E-state index in [9.17, 15) is 9.90 Å². The zero-order chi connectivity index (χ0) is 15.2. The Morgan fingerprint density at radius 2 is 1.65 bits per heavy atom. The predicted molar refractivity (Wildman–Crippen MR) is 86.4 cm³/mol. The molecule has 1 aliphatic heterocycles. The molecular weight excluding hydrogens is 268 g/mol. The lowest BCUT2D eigenvalue weighted by atomic mass is 9.95. The summed E-state index contributed by atoms with van der Waals surface area (Å²) in [5.74, 6) is 0.421. The highest BCUT2D eigenvalue weighted by molar-refractivity contribution is 6.71. The van der Waals surface area contributed by atoms with Gasteiger partial charge in [-0.3, -0.25) is 0 Å². The van der Waals surface area contributed by atoms with Crippen molar-refractivity contribution in [2.75, 3.05) is 6.61 Å². The molecule has 0 bridgehead atoms. The van der Waals surface area contributed by atoms with Gasteiger partial charge in [0, 0.05) is 12.1 Å². The van der Waals surface area contributed by atoms with Gasteiger partial charge in [-0.15, -0.1) is 0 Å². The van der Waals surface area contributed by atoms with Crippen molar-refractivity contribution in [3.63, 3.8) is 0 Å². The third kappa shape index (κ3) is 5.13. The molecule has 0 aromatic heterocycles. The van der Waals surface area contributed by atoms with E-state index in [0.29, 0.717) is 12.3 Å². The van der Waals surface area contributed by atoms with Crippen LogP contribution in [0, 0.1) is 5.92 Å². The van der Waals surface area contributed by atoms with Gasteiger partial charge in [-0.25, -0.2) is 0 Å². The summed E-state index contributed by atoms with van der Waals surface area (Å²) < 4.78 is 6.17. The Hall–Kier alpha value is 0.0969. The second kappa shape index (κ2) is 8.52. The molecule has 0 saturated carbocycles. The molecule has 20 heavy (non-hydrogen) atoms. The van der Waals surface area contributed by atoms with Crippen LogP contribution >= 0.6 is 0 Å². The van der Waals surface area contributed by atoms with Crippen LogP contribution in [0.4, 0.5) is 0 Å².